The van der Waals surface area contributed by atoms with Gasteiger partial charge in [0, 0.05) is 40.9 Å². The van der Waals surface area contributed by atoms with Gasteiger partial charge >= 0.3 is 5.97 Å². The molecule has 3 aliphatic rings. The number of pyridine rings is 1. The summed E-state index contributed by atoms with van der Waals surface area (Å²) in [6, 6.07) is 9.96. The van der Waals surface area contributed by atoms with Gasteiger partial charge in [0.1, 0.15) is 40.2 Å². The number of rotatable bonds is 8. The Labute approximate surface area is 318 Å². The van der Waals surface area contributed by atoms with Crippen LogP contribution in [0.3, 0.4) is 0 Å². The highest BCUT2D eigenvalue weighted by molar-refractivity contribution is 7.13. The van der Waals surface area contributed by atoms with Crippen molar-refractivity contribution >= 4 is 45.6 Å². The van der Waals surface area contributed by atoms with Gasteiger partial charge in [0.15, 0.2) is 5.78 Å². The van der Waals surface area contributed by atoms with Gasteiger partial charge < -0.3 is 24.8 Å². The molecule has 4 aromatic rings. The van der Waals surface area contributed by atoms with Crippen LogP contribution in [0.1, 0.15) is 82.4 Å². The summed E-state index contributed by atoms with van der Waals surface area (Å²) in [6.07, 6.45) is 7.69. The molecule has 1 saturated carbocycles. The minimum atomic E-state index is -1.18. The minimum Gasteiger partial charge on any atom is -0.496 e. The molecule has 2 aliphatic heterocycles. The van der Waals surface area contributed by atoms with Gasteiger partial charge in [-0.15, -0.1) is 11.3 Å². The third-order valence-electron chi connectivity index (χ3n) is 11.2. The molecule has 0 radical (unpaired) electrons. The number of carboxylic acids is 1. The number of benzene rings is 2. The lowest BCUT2D eigenvalue weighted by Crippen LogP contribution is -2.48. The normalized spacial score (nSPS) is 25.4. The van der Waals surface area contributed by atoms with Crippen molar-refractivity contribution in [1.82, 2.24) is 14.9 Å². The topological polar surface area (TPSA) is 131 Å². The van der Waals surface area contributed by atoms with Crippen LogP contribution in [0.5, 0.6) is 11.5 Å². The number of allylic oxidation sites excluding steroid dienone is 2. The number of carboxylic acid groups (broad SMARTS) is 1. The van der Waals surface area contributed by atoms with E-state index in [9.17, 15) is 23.9 Å². The van der Waals surface area contributed by atoms with Crippen LogP contribution in [0.25, 0.3) is 21.6 Å². The number of carbonyl (C=O) groups excluding carboxylic acids is 2. The number of nitrogens with zero attached hydrogens (tertiary/aromatic N) is 3. The molecule has 54 heavy (non-hydrogen) atoms. The standard InChI is InChI=1S/C42H47FN4O6S/c1-24(2)33-23-54-39(46-33)32-19-37(30-16-17-36(52-4)25(3)38(30)45-32)53-29-18-34-35(48)21-42(41(50)51)20-26(42)10-8-6-5-7-9-11-31(40(49)47(34)22-29)44-28-14-12-27(43)13-15-28/h8,10,12-17,19,23-24,26,29,31,34,44H,5-7,9,11,18,20-22H2,1-4H3,(H,50,51)/b10-8-/t26-,29-,31+,34+,42-/m1/s1. The number of methoxy groups -OCH3 is 1. The molecule has 1 amide bonds. The first-order valence-corrected chi connectivity index (χ1v) is 19.7. The number of hydrogen-bond donors (Lipinski definition) is 2. The smallest absolute Gasteiger partial charge is 0.310 e. The number of amides is 1. The van der Waals surface area contributed by atoms with Gasteiger partial charge in [-0.1, -0.05) is 38.8 Å². The number of carbonyl (C=O) groups is 3. The van der Waals surface area contributed by atoms with E-state index in [0.717, 1.165) is 47.3 Å². The Morgan fingerprint density at radius 2 is 1.89 bits per heavy atom. The molecule has 4 heterocycles. The summed E-state index contributed by atoms with van der Waals surface area (Å²) in [5, 5.41) is 17.2. The number of nitrogens with one attached hydrogen (secondary N) is 1. The zero-order valence-corrected chi connectivity index (χ0v) is 32.0. The Kier molecular flexibility index (Phi) is 10.7. The Balaban J connectivity index is 1.25. The summed E-state index contributed by atoms with van der Waals surface area (Å²) in [7, 11) is 1.62. The lowest BCUT2D eigenvalue weighted by Gasteiger charge is -2.29. The number of halogens is 1. The van der Waals surface area contributed by atoms with Gasteiger partial charge in [0.05, 0.1) is 36.3 Å². The first kappa shape index (κ1) is 37.5. The van der Waals surface area contributed by atoms with Crippen LogP contribution in [0.2, 0.25) is 0 Å². The van der Waals surface area contributed by atoms with E-state index in [1.54, 1.807) is 24.1 Å². The van der Waals surface area contributed by atoms with Crippen molar-refractivity contribution in [1.29, 1.82) is 0 Å². The van der Waals surface area contributed by atoms with E-state index in [0.29, 0.717) is 41.2 Å². The number of ketones is 1. The first-order valence-electron chi connectivity index (χ1n) is 18.8. The molecule has 10 nitrogen and oxygen atoms in total. The third kappa shape index (κ3) is 7.58. The van der Waals surface area contributed by atoms with Crippen molar-refractivity contribution in [3.05, 3.63) is 77.1 Å². The van der Waals surface area contributed by atoms with Crippen LogP contribution in [0, 0.1) is 24.1 Å². The number of ether oxygens (including phenoxy) is 2. The number of Topliss-reactive ketones (excluding diaryl/α,β-unsaturated/α-hetero) is 1. The SMILES string of the molecule is COc1ccc2c(O[C@@H]3C[C@H]4C(=O)C[C@]5(C(=O)O)C[C@H]5/C=C\CCCCC[C@H](Nc5ccc(F)cc5)C(=O)N4C3)cc(-c3nc(C(C)C)cs3)nc2c1C. The van der Waals surface area contributed by atoms with Gasteiger partial charge in [-0.05, 0) is 80.8 Å². The van der Waals surface area contributed by atoms with E-state index in [1.807, 2.05) is 42.7 Å². The molecule has 284 valence electrons. The highest BCUT2D eigenvalue weighted by Gasteiger charge is 2.61. The van der Waals surface area contributed by atoms with Crippen LogP contribution in [0.15, 0.2) is 60.0 Å². The van der Waals surface area contributed by atoms with Crippen LogP contribution in [0.4, 0.5) is 10.1 Å². The fourth-order valence-electron chi connectivity index (χ4n) is 7.88. The number of aliphatic carboxylic acids is 1. The van der Waals surface area contributed by atoms with Crippen LogP contribution < -0.4 is 14.8 Å². The van der Waals surface area contributed by atoms with E-state index in [1.165, 1.54) is 23.5 Å². The van der Waals surface area contributed by atoms with E-state index < -0.39 is 29.6 Å². The molecular weight excluding hydrogens is 708 g/mol. The van der Waals surface area contributed by atoms with Crippen molar-refractivity contribution < 1.29 is 33.4 Å². The predicted molar refractivity (Wildman–Crippen MR) is 207 cm³/mol. The summed E-state index contributed by atoms with van der Waals surface area (Å²) in [5.41, 5.74) is 2.57. The molecule has 12 heteroatoms. The number of fused-ring (bicyclic) bond motifs is 3. The van der Waals surface area contributed by atoms with E-state index in [4.69, 9.17) is 19.4 Å². The van der Waals surface area contributed by atoms with Crippen LogP contribution >= 0.6 is 11.3 Å². The lowest BCUT2D eigenvalue weighted by molar-refractivity contribution is -0.147. The number of aromatic nitrogens is 2. The van der Waals surface area contributed by atoms with E-state index in [-0.39, 0.29) is 48.7 Å². The molecule has 0 unspecified atom stereocenters. The van der Waals surface area contributed by atoms with Crippen molar-refractivity contribution in [3.8, 4) is 22.2 Å². The first-order chi connectivity index (χ1) is 26.0. The van der Waals surface area contributed by atoms with Crippen molar-refractivity contribution in [2.45, 2.75) is 96.2 Å². The molecule has 2 fully saturated rings. The maximum absolute atomic E-state index is 14.6. The molecule has 1 saturated heterocycles. The van der Waals surface area contributed by atoms with Gasteiger partial charge in [0.25, 0.3) is 0 Å². The number of thiazole rings is 1. The van der Waals surface area contributed by atoms with Gasteiger partial charge in [-0.2, -0.15) is 0 Å². The number of anilines is 1. The quantitative estimate of drug-likeness (QED) is 0.171. The molecule has 0 spiro atoms. The Morgan fingerprint density at radius 3 is 2.61 bits per heavy atom. The molecule has 2 N–H and O–H groups in total. The second-order valence-corrected chi connectivity index (χ2v) is 16.1. The second kappa shape index (κ2) is 15.5. The zero-order chi connectivity index (χ0) is 38.1. The predicted octanol–water partition coefficient (Wildman–Crippen LogP) is 8.34. The average Bonchev–Trinajstić information content (AvgIpc) is 3.44. The lowest BCUT2D eigenvalue weighted by atomic mass is 9.92. The summed E-state index contributed by atoms with van der Waals surface area (Å²) in [5.74, 6) is -0.665. The molecule has 1 aliphatic carbocycles. The minimum absolute atomic E-state index is 0.128. The van der Waals surface area contributed by atoms with Gasteiger partial charge in [-0.25, -0.2) is 14.4 Å². The van der Waals surface area contributed by atoms with Crippen LogP contribution in [-0.4, -0.2) is 69.5 Å². The fourth-order valence-corrected chi connectivity index (χ4v) is 8.82. The fraction of sp³-hybridized carbons (Fsp3) is 0.452. The third-order valence-corrected chi connectivity index (χ3v) is 12.1. The maximum atomic E-state index is 14.6. The van der Waals surface area contributed by atoms with Gasteiger partial charge in [0.2, 0.25) is 5.91 Å². The molecular formula is C42H47FN4O6S. The van der Waals surface area contributed by atoms with Crippen molar-refractivity contribution in [2.24, 2.45) is 11.3 Å². The highest BCUT2D eigenvalue weighted by Crippen LogP contribution is 2.57. The molecule has 2 aromatic carbocycles. The summed E-state index contributed by atoms with van der Waals surface area (Å²) in [6.45, 7) is 6.26. The largest absolute Gasteiger partial charge is 0.496 e. The van der Waals surface area contributed by atoms with Crippen LogP contribution in [-0.2, 0) is 14.4 Å². The van der Waals surface area contributed by atoms with E-state index >= 15 is 0 Å². The molecule has 2 aromatic heterocycles. The molecule has 7 rings (SSSR count). The van der Waals surface area contributed by atoms with Crippen molar-refractivity contribution in [2.75, 3.05) is 19.0 Å². The average molecular weight is 755 g/mol. The number of hydrogen-bond acceptors (Lipinski definition) is 9. The molecule has 5 atom stereocenters. The summed E-state index contributed by atoms with van der Waals surface area (Å²) in [4.78, 5) is 53.0. The Hall–Kier alpha value is -4.84. The summed E-state index contributed by atoms with van der Waals surface area (Å²) >= 11 is 1.51. The van der Waals surface area contributed by atoms with Crippen molar-refractivity contribution in [3.63, 3.8) is 0 Å². The second-order valence-electron chi connectivity index (χ2n) is 15.2. The number of aryl methyl sites for hydroxylation is 1. The highest BCUT2D eigenvalue weighted by atomic mass is 32.1. The molecule has 0 bridgehead atoms. The monoisotopic (exact) mass is 754 g/mol. The zero-order valence-electron chi connectivity index (χ0n) is 31.1. The van der Waals surface area contributed by atoms with Gasteiger partial charge in [-0.3, -0.25) is 14.4 Å². The Morgan fingerprint density at radius 1 is 1.09 bits per heavy atom. The van der Waals surface area contributed by atoms with E-state index in [2.05, 4.69) is 19.2 Å². The Bertz CT molecular complexity index is 2080. The summed E-state index contributed by atoms with van der Waals surface area (Å²) < 4.78 is 26.2. The maximum Gasteiger partial charge on any atom is 0.310 e.